The van der Waals surface area contributed by atoms with Gasteiger partial charge in [-0.25, -0.2) is 4.39 Å². The number of halogens is 1. The summed E-state index contributed by atoms with van der Waals surface area (Å²) in [6.07, 6.45) is 2.85. The van der Waals surface area contributed by atoms with E-state index in [9.17, 15) is 14.0 Å². The molecule has 0 bridgehead atoms. The minimum absolute atomic E-state index is 0.00242. The minimum atomic E-state index is -0.326. The van der Waals surface area contributed by atoms with Gasteiger partial charge < -0.3 is 19.5 Å². The monoisotopic (exact) mass is 480 g/mol. The molecule has 2 heterocycles. The molecule has 1 saturated heterocycles. The third kappa shape index (κ3) is 6.65. The van der Waals surface area contributed by atoms with Crippen molar-refractivity contribution in [3.05, 3.63) is 65.8 Å². The molecule has 9 heteroatoms. The first-order valence-electron chi connectivity index (χ1n) is 11.9. The molecule has 1 fully saturated rings. The lowest BCUT2D eigenvalue weighted by Crippen LogP contribution is -2.46. The van der Waals surface area contributed by atoms with E-state index in [0.717, 1.165) is 18.6 Å². The molecular weight excluding hydrogens is 451 g/mol. The number of nitrogens with zero attached hydrogens (tertiary/aromatic N) is 3. The van der Waals surface area contributed by atoms with Gasteiger partial charge in [0.05, 0.1) is 6.61 Å². The van der Waals surface area contributed by atoms with Gasteiger partial charge in [-0.2, -0.15) is 4.98 Å². The predicted octanol–water partition coefficient (Wildman–Crippen LogP) is 4.02. The van der Waals surface area contributed by atoms with Gasteiger partial charge in [0.2, 0.25) is 17.6 Å². The smallest absolute Gasteiger partial charge is 0.253 e. The number of aromatic nitrogens is 2. The van der Waals surface area contributed by atoms with E-state index < -0.39 is 0 Å². The van der Waals surface area contributed by atoms with Crippen LogP contribution in [0.3, 0.4) is 0 Å². The van der Waals surface area contributed by atoms with Gasteiger partial charge in [-0.3, -0.25) is 9.59 Å². The van der Waals surface area contributed by atoms with Gasteiger partial charge in [0, 0.05) is 43.1 Å². The maximum atomic E-state index is 13.1. The molecular formula is C26H29FN4O4. The Morgan fingerprint density at radius 3 is 2.51 bits per heavy atom. The van der Waals surface area contributed by atoms with E-state index in [0.29, 0.717) is 61.8 Å². The molecule has 0 aliphatic carbocycles. The summed E-state index contributed by atoms with van der Waals surface area (Å²) >= 11 is 0. The third-order valence-corrected chi connectivity index (χ3v) is 5.92. The summed E-state index contributed by atoms with van der Waals surface area (Å²) in [6.45, 7) is 3.71. The summed E-state index contributed by atoms with van der Waals surface area (Å²) in [5, 5.41) is 6.98. The average molecular weight is 481 g/mol. The number of aryl methyl sites for hydroxylation is 1. The number of benzene rings is 2. The lowest BCUT2D eigenvalue weighted by Gasteiger charge is -2.32. The molecule has 1 N–H and O–H groups in total. The Morgan fingerprint density at radius 2 is 1.83 bits per heavy atom. The van der Waals surface area contributed by atoms with Gasteiger partial charge >= 0.3 is 0 Å². The van der Waals surface area contributed by atoms with Crippen molar-refractivity contribution in [1.29, 1.82) is 0 Å². The van der Waals surface area contributed by atoms with Crippen molar-refractivity contribution in [3.63, 3.8) is 0 Å². The van der Waals surface area contributed by atoms with Crippen LogP contribution in [0.15, 0.2) is 53.1 Å². The number of rotatable bonds is 9. The Hall–Kier alpha value is -3.75. The summed E-state index contributed by atoms with van der Waals surface area (Å²) in [6, 6.07) is 13.1. The first kappa shape index (κ1) is 24.4. The van der Waals surface area contributed by atoms with E-state index in [1.165, 1.54) is 12.1 Å². The second-order valence-corrected chi connectivity index (χ2v) is 8.46. The summed E-state index contributed by atoms with van der Waals surface area (Å²) in [7, 11) is 0. The van der Waals surface area contributed by atoms with Gasteiger partial charge in [0.1, 0.15) is 11.6 Å². The van der Waals surface area contributed by atoms with Crippen molar-refractivity contribution >= 4 is 11.8 Å². The first-order chi connectivity index (χ1) is 17.0. The van der Waals surface area contributed by atoms with Crippen LogP contribution in [0, 0.1) is 5.82 Å². The van der Waals surface area contributed by atoms with Crippen molar-refractivity contribution in [3.8, 4) is 17.1 Å². The summed E-state index contributed by atoms with van der Waals surface area (Å²) in [5.74, 6) is 1.23. The lowest BCUT2D eigenvalue weighted by molar-refractivity contribution is -0.122. The molecule has 2 aromatic carbocycles. The highest BCUT2D eigenvalue weighted by atomic mass is 19.1. The molecule has 1 aliphatic heterocycles. The topological polar surface area (TPSA) is 97.6 Å². The zero-order valence-electron chi connectivity index (χ0n) is 19.7. The fraction of sp³-hybridized carbons (Fsp3) is 0.385. The van der Waals surface area contributed by atoms with Crippen molar-refractivity contribution < 1.29 is 23.2 Å². The molecule has 4 rings (SSSR count). The first-order valence-corrected chi connectivity index (χ1v) is 11.9. The Balaban J connectivity index is 1.16. The van der Waals surface area contributed by atoms with Crippen molar-refractivity contribution in [2.24, 2.45) is 0 Å². The molecule has 184 valence electrons. The van der Waals surface area contributed by atoms with Gasteiger partial charge in [0.25, 0.3) is 5.91 Å². The Morgan fingerprint density at radius 1 is 1.11 bits per heavy atom. The van der Waals surface area contributed by atoms with E-state index in [2.05, 4.69) is 15.5 Å². The van der Waals surface area contributed by atoms with E-state index in [1.807, 2.05) is 24.0 Å². The SMILES string of the molecule is CCOc1ccc(C(=O)N2CCC(NC(=O)CCCc3nc(-c4ccc(F)cc4)no3)CC2)cc1. The second kappa shape index (κ2) is 11.6. The molecule has 35 heavy (non-hydrogen) atoms. The van der Waals surface area contributed by atoms with Gasteiger partial charge in [-0.05, 0) is 74.7 Å². The zero-order chi connectivity index (χ0) is 24.6. The molecule has 8 nitrogen and oxygen atoms in total. The third-order valence-electron chi connectivity index (χ3n) is 5.92. The minimum Gasteiger partial charge on any atom is -0.494 e. The predicted molar refractivity (Wildman–Crippen MR) is 127 cm³/mol. The van der Waals surface area contributed by atoms with Crippen LogP contribution < -0.4 is 10.1 Å². The van der Waals surface area contributed by atoms with E-state index >= 15 is 0 Å². The fourth-order valence-corrected chi connectivity index (χ4v) is 4.04. The van der Waals surface area contributed by atoms with Gasteiger partial charge in [-0.1, -0.05) is 5.16 Å². The van der Waals surface area contributed by atoms with Crippen molar-refractivity contribution in [1.82, 2.24) is 20.4 Å². The van der Waals surface area contributed by atoms with Crippen LogP contribution in [-0.4, -0.2) is 52.6 Å². The number of ether oxygens (including phenoxy) is 1. The maximum Gasteiger partial charge on any atom is 0.253 e. The Kier molecular flexibility index (Phi) is 8.07. The standard InChI is InChI=1S/C26H29FN4O4/c1-2-34-22-12-8-19(9-13-22)26(33)31-16-14-21(15-17-31)28-23(32)4-3-5-24-29-25(30-35-24)18-6-10-20(27)11-7-18/h6-13,21H,2-5,14-17H2,1H3,(H,28,32). The van der Waals surface area contributed by atoms with Crippen LogP contribution in [0.25, 0.3) is 11.4 Å². The highest BCUT2D eigenvalue weighted by Crippen LogP contribution is 2.19. The van der Waals surface area contributed by atoms with Crippen molar-refractivity contribution in [2.45, 2.75) is 45.1 Å². The van der Waals surface area contributed by atoms with Gasteiger partial charge in [0.15, 0.2) is 0 Å². The summed E-state index contributed by atoms with van der Waals surface area (Å²) < 4.78 is 23.7. The van der Waals surface area contributed by atoms with Crippen LogP contribution in [0.1, 0.15) is 48.9 Å². The zero-order valence-corrected chi connectivity index (χ0v) is 19.7. The molecule has 0 radical (unpaired) electrons. The van der Waals surface area contributed by atoms with Crippen LogP contribution in [-0.2, 0) is 11.2 Å². The largest absolute Gasteiger partial charge is 0.494 e. The normalized spacial score (nSPS) is 14.1. The van der Waals surface area contributed by atoms with E-state index in [1.54, 1.807) is 24.3 Å². The Bertz CT molecular complexity index is 1120. The molecule has 0 unspecified atom stereocenters. The van der Waals surface area contributed by atoms with Crippen molar-refractivity contribution in [2.75, 3.05) is 19.7 Å². The molecule has 0 saturated carbocycles. The number of hydrogen-bond acceptors (Lipinski definition) is 6. The molecule has 2 amide bonds. The number of nitrogens with one attached hydrogen (secondary N) is 1. The van der Waals surface area contributed by atoms with Gasteiger partial charge in [-0.15, -0.1) is 0 Å². The molecule has 1 aromatic heterocycles. The quantitative estimate of drug-likeness (QED) is 0.497. The number of hydrogen-bond donors (Lipinski definition) is 1. The number of likely N-dealkylation sites (tertiary alicyclic amines) is 1. The summed E-state index contributed by atoms with van der Waals surface area (Å²) in [5.41, 5.74) is 1.31. The number of carbonyl (C=O) groups is 2. The highest BCUT2D eigenvalue weighted by molar-refractivity contribution is 5.94. The van der Waals surface area contributed by atoms with E-state index in [-0.39, 0.29) is 23.7 Å². The van der Waals surface area contributed by atoms with Crippen LogP contribution in [0.4, 0.5) is 4.39 Å². The number of piperidine rings is 1. The van der Waals surface area contributed by atoms with Crippen LogP contribution in [0.2, 0.25) is 0 Å². The summed E-state index contributed by atoms with van der Waals surface area (Å²) in [4.78, 5) is 31.3. The maximum absolute atomic E-state index is 13.1. The second-order valence-electron chi connectivity index (χ2n) is 8.46. The van der Waals surface area contributed by atoms with Crippen LogP contribution >= 0.6 is 0 Å². The molecule has 1 aliphatic rings. The molecule has 0 spiro atoms. The van der Waals surface area contributed by atoms with Crippen LogP contribution in [0.5, 0.6) is 5.75 Å². The number of carbonyl (C=O) groups excluding carboxylic acids is 2. The number of amides is 2. The van der Waals surface area contributed by atoms with E-state index in [4.69, 9.17) is 9.26 Å². The molecule has 0 atom stereocenters. The fourth-order valence-electron chi connectivity index (χ4n) is 4.04. The lowest BCUT2D eigenvalue weighted by atomic mass is 10.0. The average Bonchev–Trinajstić information content (AvgIpc) is 3.34. The molecule has 3 aromatic rings. The Labute approximate surface area is 203 Å². The highest BCUT2D eigenvalue weighted by Gasteiger charge is 2.24.